The van der Waals surface area contributed by atoms with Crippen LogP contribution in [0.4, 0.5) is 0 Å². The second kappa shape index (κ2) is 11.5. The number of hydrogen-bond donors (Lipinski definition) is 2. The Hall–Kier alpha value is -1.10. The molecule has 0 unspecified atom stereocenters. The van der Waals surface area contributed by atoms with Gasteiger partial charge >= 0.3 is 0 Å². The summed E-state index contributed by atoms with van der Waals surface area (Å²) in [6.07, 6.45) is 9.74. The van der Waals surface area contributed by atoms with Crippen LogP contribution in [0.2, 0.25) is 0 Å². The Labute approximate surface area is 134 Å². The van der Waals surface area contributed by atoms with Gasteiger partial charge in [0, 0.05) is 26.0 Å². The van der Waals surface area contributed by atoms with Gasteiger partial charge in [-0.15, -0.1) is 0 Å². The molecule has 1 saturated carbocycles. The van der Waals surface area contributed by atoms with Crippen LogP contribution in [-0.2, 0) is 14.3 Å². The van der Waals surface area contributed by atoms with Crippen LogP contribution in [0.5, 0.6) is 0 Å². The zero-order chi connectivity index (χ0) is 16.2. The lowest BCUT2D eigenvalue weighted by atomic mass is 9.96. The quantitative estimate of drug-likeness (QED) is 0.724. The van der Waals surface area contributed by atoms with E-state index in [-0.39, 0.29) is 30.7 Å². The fraction of sp³-hybridized carbons (Fsp3) is 0.882. The van der Waals surface area contributed by atoms with Crippen molar-refractivity contribution in [2.24, 2.45) is 0 Å². The fourth-order valence-electron chi connectivity index (χ4n) is 2.89. The molecular formula is C17H32N2O3. The highest BCUT2D eigenvalue weighted by Crippen LogP contribution is 2.17. The standard InChI is InChI=1S/C17H32N2O3/c1-3-14(13-22-2)18-16(20)11-12-17(21)19-15-9-7-5-4-6-8-10-15/h14-15H,3-13H2,1-2H3,(H,18,20)(H,19,21)/t14-/m0/s1. The average molecular weight is 312 g/mol. The van der Waals surface area contributed by atoms with E-state index in [9.17, 15) is 9.59 Å². The smallest absolute Gasteiger partial charge is 0.220 e. The SMILES string of the molecule is CC[C@@H](COC)NC(=O)CCC(=O)NC1CCCCCCC1. The predicted octanol–water partition coefficient (Wildman–Crippen LogP) is 2.54. The summed E-state index contributed by atoms with van der Waals surface area (Å²) in [6, 6.07) is 0.332. The largest absolute Gasteiger partial charge is 0.383 e. The number of carbonyl (C=O) groups is 2. The van der Waals surface area contributed by atoms with Crippen LogP contribution in [0.15, 0.2) is 0 Å². The maximum atomic E-state index is 12.0. The van der Waals surface area contributed by atoms with Gasteiger partial charge in [-0.25, -0.2) is 0 Å². The number of methoxy groups -OCH3 is 1. The zero-order valence-corrected chi connectivity index (χ0v) is 14.2. The van der Waals surface area contributed by atoms with E-state index in [4.69, 9.17) is 4.74 Å². The monoisotopic (exact) mass is 312 g/mol. The van der Waals surface area contributed by atoms with Gasteiger partial charge in [0.05, 0.1) is 12.6 Å². The van der Waals surface area contributed by atoms with Gasteiger partial charge < -0.3 is 15.4 Å². The Morgan fingerprint density at radius 1 is 1.05 bits per heavy atom. The molecule has 2 N–H and O–H groups in total. The van der Waals surface area contributed by atoms with Crippen molar-refractivity contribution in [2.75, 3.05) is 13.7 Å². The molecule has 0 spiro atoms. The first-order chi connectivity index (χ1) is 10.7. The van der Waals surface area contributed by atoms with Crippen molar-refractivity contribution in [2.45, 2.75) is 83.2 Å². The molecule has 1 fully saturated rings. The third-order valence-electron chi connectivity index (χ3n) is 4.28. The third kappa shape index (κ3) is 8.37. The summed E-state index contributed by atoms with van der Waals surface area (Å²) < 4.78 is 5.05. The van der Waals surface area contributed by atoms with Crippen LogP contribution in [0.1, 0.15) is 71.1 Å². The van der Waals surface area contributed by atoms with E-state index in [0.29, 0.717) is 12.6 Å². The van der Waals surface area contributed by atoms with Gasteiger partial charge in [0.2, 0.25) is 11.8 Å². The van der Waals surface area contributed by atoms with Crippen molar-refractivity contribution in [1.82, 2.24) is 10.6 Å². The maximum absolute atomic E-state index is 12.0. The van der Waals surface area contributed by atoms with Gasteiger partial charge in [-0.05, 0) is 19.3 Å². The molecule has 22 heavy (non-hydrogen) atoms. The Kier molecular flexibility index (Phi) is 9.87. The van der Waals surface area contributed by atoms with Gasteiger partial charge in [-0.3, -0.25) is 9.59 Å². The summed E-state index contributed by atoms with van der Waals surface area (Å²) in [4.78, 5) is 23.8. The molecule has 0 aromatic heterocycles. The summed E-state index contributed by atoms with van der Waals surface area (Å²) in [7, 11) is 1.62. The Balaban J connectivity index is 2.22. The van der Waals surface area contributed by atoms with Gasteiger partial charge in [0.25, 0.3) is 0 Å². The van der Waals surface area contributed by atoms with Crippen molar-refractivity contribution in [3.63, 3.8) is 0 Å². The van der Waals surface area contributed by atoms with Crippen LogP contribution in [0.25, 0.3) is 0 Å². The van der Waals surface area contributed by atoms with Gasteiger partial charge in [0.1, 0.15) is 0 Å². The van der Waals surface area contributed by atoms with E-state index in [1.165, 1.54) is 32.1 Å². The van der Waals surface area contributed by atoms with E-state index in [2.05, 4.69) is 10.6 Å². The Morgan fingerprint density at radius 3 is 2.23 bits per heavy atom. The molecule has 1 atom stereocenters. The molecule has 0 bridgehead atoms. The number of ether oxygens (including phenoxy) is 1. The molecule has 0 saturated heterocycles. The summed E-state index contributed by atoms with van der Waals surface area (Å²) in [5.41, 5.74) is 0. The van der Waals surface area contributed by atoms with E-state index in [1.54, 1.807) is 7.11 Å². The predicted molar refractivity (Wildman–Crippen MR) is 87.6 cm³/mol. The van der Waals surface area contributed by atoms with Crippen LogP contribution in [0, 0.1) is 0 Å². The highest BCUT2D eigenvalue weighted by atomic mass is 16.5. The Morgan fingerprint density at radius 2 is 1.64 bits per heavy atom. The molecular weight excluding hydrogens is 280 g/mol. The lowest BCUT2D eigenvalue weighted by molar-refractivity contribution is -0.127. The molecule has 1 rings (SSSR count). The van der Waals surface area contributed by atoms with Gasteiger partial charge in [-0.1, -0.05) is 39.0 Å². The Bertz CT molecular complexity index is 326. The number of rotatable bonds is 8. The highest BCUT2D eigenvalue weighted by molar-refractivity contribution is 5.83. The topological polar surface area (TPSA) is 67.4 Å². The zero-order valence-electron chi connectivity index (χ0n) is 14.2. The summed E-state index contributed by atoms with van der Waals surface area (Å²) in [6.45, 7) is 2.52. The first-order valence-electron chi connectivity index (χ1n) is 8.73. The van der Waals surface area contributed by atoms with E-state index in [0.717, 1.165) is 19.3 Å². The number of amides is 2. The number of nitrogens with one attached hydrogen (secondary N) is 2. The molecule has 2 amide bonds. The van der Waals surface area contributed by atoms with Crippen LogP contribution >= 0.6 is 0 Å². The second-order valence-corrected chi connectivity index (χ2v) is 6.24. The van der Waals surface area contributed by atoms with Gasteiger partial charge in [-0.2, -0.15) is 0 Å². The van der Waals surface area contributed by atoms with Crippen molar-refractivity contribution in [1.29, 1.82) is 0 Å². The summed E-state index contributed by atoms with van der Waals surface area (Å²) >= 11 is 0. The van der Waals surface area contributed by atoms with Crippen LogP contribution in [-0.4, -0.2) is 37.6 Å². The molecule has 0 radical (unpaired) electrons. The van der Waals surface area contributed by atoms with Crippen LogP contribution in [0.3, 0.4) is 0 Å². The van der Waals surface area contributed by atoms with Crippen molar-refractivity contribution >= 4 is 11.8 Å². The average Bonchev–Trinajstić information content (AvgIpc) is 2.47. The first-order valence-corrected chi connectivity index (χ1v) is 8.73. The molecule has 0 heterocycles. The van der Waals surface area contributed by atoms with E-state index in [1.807, 2.05) is 6.92 Å². The number of hydrogen-bond acceptors (Lipinski definition) is 3. The minimum Gasteiger partial charge on any atom is -0.383 e. The van der Waals surface area contributed by atoms with E-state index < -0.39 is 0 Å². The minimum atomic E-state index is -0.0725. The summed E-state index contributed by atoms with van der Waals surface area (Å²) in [5.74, 6) is -0.0720. The molecule has 5 nitrogen and oxygen atoms in total. The second-order valence-electron chi connectivity index (χ2n) is 6.24. The molecule has 5 heteroatoms. The number of carbonyl (C=O) groups excluding carboxylic acids is 2. The molecule has 0 aromatic rings. The maximum Gasteiger partial charge on any atom is 0.220 e. The molecule has 0 aromatic carbocycles. The lowest BCUT2D eigenvalue weighted by Gasteiger charge is -2.21. The first kappa shape index (κ1) is 18.9. The summed E-state index contributed by atoms with van der Waals surface area (Å²) in [5, 5.41) is 5.99. The normalized spacial score (nSPS) is 18.1. The fourth-order valence-corrected chi connectivity index (χ4v) is 2.89. The lowest BCUT2D eigenvalue weighted by Crippen LogP contribution is -2.39. The molecule has 0 aliphatic heterocycles. The molecule has 128 valence electrons. The van der Waals surface area contributed by atoms with Gasteiger partial charge in [0.15, 0.2) is 0 Å². The minimum absolute atomic E-state index is 0.000475. The molecule has 1 aliphatic rings. The van der Waals surface area contributed by atoms with Crippen molar-refractivity contribution in [3.8, 4) is 0 Å². The van der Waals surface area contributed by atoms with Crippen molar-refractivity contribution in [3.05, 3.63) is 0 Å². The van der Waals surface area contributed by atoms with Crippen LogP contribution < -0.4 is 10.6 Å². The van der Waals surface area contributed by atoms with E-state index >= 15 is 0 Å². The molecule has 1 aliphatic carbocycles. The van der Waals surface area contributed by atoms with Crippen molar-refractivity contribution < 1.29 is 14.3 Å². The highest BCUT2D eigenvalue weighted by Gasteiger charge is 2.16. The third-order valence-corrected chi connectivity index (χ3v) is 4.28.